The highest BCUT2D eigenvalue weighted by atomic mass is 16.5. The van der Waals surface area contributed by atoms with E-state index < -0.39 is 0 Å². The minimum absolute atomic E-state index is 0.0329. The number of carbonyl (C=O) groups excluding carboxylic acids is 1. The van der Waals surface area contributed by atoms with E-state index in [1.165, 1.54) is 0 Å². The van der Waals surface area contributed by atoms with Crippen LogP contribution in [-0.2, 0) is 4.79 Å². The summed E-state index contributed by atoms with van der Waals surface area (Å²) in [5.41, 5.74) is 5.75. The number of nitrogens with one attached hydrogen (secondary N) is 1. The van der Waals surface area contributed by atoms with Crippen LogP contribution in [0.5, 0.6) is 5.75 Å². The molecule has 0 aliphatic heterocycles. The van der Waals surface area contributed by atoms with Crippen molar-refractivity contribution in [2.45, 2.75) is 6.42 Å². The number of para-hydroxylation sites is 2. The lowest BCUT2D eigenvalue weighted by molar-refractivity contribution is -0.115. The number of nitrogens with two attached hydrogens (primary N) is 1. The van der Waals surface area contributed by atoms with Crippen LogP contribution in [0.15, 0.2) is 24.3 Å². The Balaban J connectivity index is 2.75. The summed E-state index contributed by atoms with van der Waals surface area (Å²) in [4.78, 5) is 11.1. The smallest absolute Gasteiger partial charge is 0.238 e. The van der Waals surface area contributed by atoms with Crippen LogP contribution < -0.4 is 15.8 Å². The SMILES string of the molecule is N#CCC(=O)Nc1ccccc1OCN. The number of nitriles is 1. The molecule has 15 heavy (non-hydrogen) atoms. The molecule has 1 amide bonds. The van der Waals surface area contributed by atoms with Crippen LogP contribution in [0, 0.1) is 11.3 Å². The van der Waals surface area contributed by atoms with Gasteiger partial charge in [-0.15, -0.1) is 0 Å². The van der Waals surface area contributed by atoms with Gasteiger partial charge in [0.2, 0.25) is 5.91 Å². The standard InChI is InChI=1S/C10H11N3O2/c11-6-5-10(14)13-8-3-1-2-4-9(8)15-7-12/h1-4H,5,7,12H2,(H,13,14). The van der Waals surface area contributed by atoms with Crippen LogP contribution in [0.25, 0.3) is 0 Å². The number of carbonyl (C=O) groups is 1. The van der Waals surface area contributed by atoms with Crippen molar-refractivity contribution in [1.29, 1.82) is 5.26 Å². The fraction of sp³-hybridized carbons (Fsp3) is 0.200. The van der Waals surface area contributed by atoms with Crippen molar-refractivity contribution >= 4 is 11.6 Å². The van der Waals surface area contributed by atoms with Crippen molar-refractivity contribution in [3.63, 3.8) is 0 Å². The third kappa shape index (κ3) is 3.29. The number of nitrogens with zero attached hydrogens (tertiary/aromatic N) is 1. The number of amides is 1. The highest BCUT2D eigenvalue weighted by molar-refractivity contribution is 5.93. The molecule has 0 heterocycles. The Labute approximate surface area is 87.4 Å². The number of ether oxygens (including phenoxy) is 1. The first-order chi connectivity index (χ1) is 7.27. The van der Waals surface area contributed by atoms with Crippen molar-refractivity contribution < 1.29 is 9.53 Å². The molecule has 0 bridgehead atoms. The van der Waals surface area contributed by atoms with Crippen LogP contribution in [0.4, 0.5) is 5.69 Å². The number of rotatable bonds is 4. The molecule has 0 atom stereocenters. The maximum atomic E-state index is 11.1. The van der Waals surface area contributed by atoms with Gasteiger partial charge in [0, 0.05) is 0 Å². The lowest BCUT2D eigenvalue weighted by Gasteiger charge is -2.09. The Morgan fingerprint density at radius 2 is 2.27 bits per heavy atom. The molecule has 5 nitrogen and oxygen atoms in total. The first kappa shape index (κ1) is 11.0. The number of anilines is 1. The predicted molar refractivity (Wildman–Crippen MR) is 55.0 cm³/mol. The van der Waals surface area contributed by atoms with Gasteiger partial charge >= 0.3 is 0 Å². The molecule has 1 rings (SSSR count). The van der Waals surface area contributed by atoms with E-state index in [0.29, 0.717) is 11.4 Å². The average molecular weight is 205 g/mol. The largest absolute Gasteiger partial charge is 0.476 e. The van der Waals surface area contributed by atoms with E-state index in [1.54, 1.807) is 30.3 Å². The maximum Gasteiger partial charge on any atom is 0.238 e. The molecule has 1 aromatic carbocycles. The van der Waals surface area contributed by atoms with Gasteiger partial charge in [-0.05, 0) is 12.1 Å². The lowest BCUT2D eigenvalue weighted by Crippen LogP contribution is -2.13. The average Bonchev–Trinajstić information content (AvgIpc) is 2.21. The number of benzene rings is 1. The maximum absolute atomic E-state index is 11.1. The van der Waals surface area contributed by atoms with Crippen molar-refractivity contribution in [3.05, 3.63) is 24.3 Å². The fourth-order valence-electron chi connectivity index (χ4n) is 1.05. The van der Waals surface area contributed by atoms with Gasteiger partial charge in [0.15, 0.2) is 0 Å². The normalized spacial score (nSPS) is 9.07. The summed E-state index contributed by atoms with van der Waals surface area (Å²) in [6, 6.07) is 8.66. The van der Waals surface area contributed by atoms with E-state index >= 15 is 0 Å². The molecular formula is C10H11N3O2. The molecule has 0 aliphatic rings. The Morgan fingerprint density at radius 3 is 2.93 bits per heavy atom. The zero-order valence-corrected chi connectivity index (χ0v) is 8.06. The summed E-state index contributed by atoms with van der Waals surface area (Å²) in [7, 11) is 0. The van der Waals surface area contributed by atoms with Gasteiger partial charge in [0.05, 0.1) is 11.8 Å². The van der Waals surface area contributed by atoms with Gasteiger partial charge in [-0.1, -0.05) is 12.1 Å². The molecular weight excluding hydrogens is 194 g/mol. The summed E-state index contributed by atoms with van der Waals surface area (Å²) >= 11 is 0. The van der Waals surface area contributed by atoms with Crippen molar-refractivity contribution in [1.82, 2.24) is 0 Å². The summed E-state index contributed by atoms with van der Waals surface area (Å²) in [6.07, 6.45) is -0.184. The molecule has 0 spiro atoms. The second-order valence-corrected chi connectivity index (χ2v) is 2.69. The summed E-state index contributed by atoms with van der Waals surface area (Å²) in [6.45, 7) is 0.0329. The Bertz CT molecular complexity index is 384. The Morgan fingerprint density at radius 1 is 1.53 bits per heavy atom. The molecule has 1 aromatic rings. The second-order valence-electron chi connectivity index (χ2n) is 2.69. The molecule has 0 fully saturated rings. The number of hydrogen-bond donors (Lipinski definition) is 2. The topological polar surface area (TPSA) is 88.1 Å². The highest BCUT2D eigenvalue weighted by Gasteiger charge is 2.05. The minimum Gasteiger partial charge on any atom is -0.476 e. The van der Waals surface area contributed by atoms with Crippen LogP contribution in [0.1, 0.15) is 6.42 Å². The van der Waals surface area contributed by atoms with E-state index in [1.807, 2.05) is 0 Å². The Hall–Kier alpha value is -2.06. The molecule has 0 aromatic heterocycles. The Kier molecular flexibility index (Phi) is 4.13. The van der Waals surface area contributed by atoms with Gasteiger partial charge in [-0.25, -0.2) is 0 Å². The van der Waals surface area contributed by atoms with E-state index in [0.717, 1.165) is 0 Å². The van der Waals surface area contributed by atoms with Crippen LogP contribution in [0.2, 0.25) is 0 Å². The van der Waals surface area contributed by atoms with E-state index in [9.17, 15) is 4.79 Å². The second kappa shape index (κ2) is 5.62. The highest BCUT2D eigenvalue weighted by Crippen LogP contribution is 2.23. The van der Waals surface area contributed by atoms with Crippen molar-refractivity contribution in [3.8, 4) is 11.8 Å². The summed E-state index contributed by atoms with van der Waals surface area (Å²) in [5.74, 6) is 0.122. The van der Waals surface area contributed by atoms with Crippen LogP contribution in [0.3, 0.4) is 0 Å². The van der Waals surface area contributed by atoms with Gasteiger partial charge in [0.25, 0.3) is 0 Å². The third-order valence-electron chi connectivity index (χ3n) is 1.64. The summed E-state index contributed by atoms with van der Waals surface area (Å²) < 4.78 is 5.10. The lowest BCUT2D eigenvalue weighted by atomic mass is 10.3. The van der Waals surface area contributed by atoms with Gasteiger partial charge in [-0.3, -0.25) is 10.5 Å². The van der Waals surface area contributed by atoms with E-state index in [-0.39, 0.29) is 19.1 Å². The zero-order valence-electron chi connectivity index (χ0n) is 8.06. The van der Waals surface area contributed by atoms with Gasteiger partial charge < -0.3 is 10.1 Å². The van der Waals surface area contributed by atoms with E-state index in [4.69, 9.17) is 15.7 Å². The van der Waals surface area contributed by atoms with Crippen molar-refractivity contribution in [2.75, 3.05) is 12.0 Å². The quantitative estimate of drug-likeness (QED) is 0.712. The molecule has 0 aliphatic carbocycles. The molecule has 0 saturated carbocycles. The first-order valence-corrected chi connectivity index (χ1v) is 4.36. The predicted octanol–water partition coefficient (Wildman–Crippen LogP) is 0.834. The third-order valence-corrected chi connectivity index (χ3v) is 1.64. The first-order valence-electron chi connectivity index (χ1n) is 4.36. The molecule has 0 unspecified atom stereocenters. The van der Waals surface area contributed by atoms with Gasteiger partial charge in [-0.2, -0.15) is 5.26 Å². The zero-order chi connectivity index (χ0) is 11.1. The summed E-state index contributed by atoms with van der Waals surface area (Å²) in [5, 5.41) is 10.9. The van der Waals surface area contributed by atoms with Crippen LogP contribution >= 0.6 is 0 Å². The molecule has 78 valence electrons. The fourth-order valence-corrected chi connectivity index (χ4v) is 1.05. The minimum atomic E-state index is -0.370. The molecule has 5 heteroatoms. The van der Waals surface area contributed by atoms with Crippen LogP contribution in [-0.4, -0.2) is 12.6 Å². The van der Waals surface area contributed by atoms with Gasteiger partial charge in [0.1, 0.15) is 18.9 Å². The molecule has 3 N–H and O–H groups in total. The van der Waals surface area contributed by atoms with E-state index in [2.05, 4.69) is 5.32 Å². The number of hydrogen-bond acceptors (Lipinski definition) is 4. The monoisotopic (exact) mass is 205 g/mol. The molecule has 0 radical (unpaired) electrons. The van der Waals surface area contributed by atoms with Crippen molar-refractivity contribution in [2.24, 2.45) is 5.73 Å². The molecule has 0 saturated heterocycles.